The van der Waals surface area contributed by atoms with Crippen molar-refractivity contribution in [2.75, 3.05) is 17.6 Å². The minimum absolute atomic E-state index is 0.182. The Hall–Kier alpha value is -2.43. The fourth-order valence-electron chi connectivity index (χ4n) is 3.25. The molecule has 2 aromatic rings. The first kappa shape index (κ1) is 17.4. The van der Waals surface area contributed by atoms with Gasteiger partial charge in [-0.15, -0.1) is 0 Å². The number of anilines is 2. The molecule has 1 aliphatic rings. The number of rotatable bonds is 7. The van der Waals surface area contributed by atoms with E-state index >= 15 is 0 Å². The Morgan fingerprint density at radius 1 is 1.16 bits per heavy atom. The highest BCUT2D eigenvalue weighted by atomic mass is 16.1. The molecule has 1 aliphatic carbocycles. The van der Waals surface area contributed by atoms with Crippen molar-refractivity contribution in [2.24, 2.45) is 0 Å². The summed E-state index contributed by atoms with van der Waals surface area (Å²) in [5, 5.41) is 3.22. The number of carbonyl (C=O) groups excluding carboxylic acids is 1. The van der Waals surface area contributed by atoms with Crippen molar-refractivity contribution in [2.45, 2.75) is 51.9 Å². The zero-order valence-corrected chi connectivity index (χ0v) is 15.0. The first-order valence-electron chi connectivity index (χ1n) is 9.13. The van der Waals surface area contributed by atoms with E-state index < -0.39 is 0 Å². The molecule has 1 heterocycles. The van der Waals surface area contributed by atoms with Gasteiger partial charge < -0.3 is 11.1 Å². The first-order chi connectivity index (χ1) is 12.1. The third kappa shape index (κ3) is 3.81. The number of fused-ring (bicyclic) bond motifs is 1. The van der Waals surface area contributed by atoms with E-state index in [1.54, 1.807) is 0 Å². The predicted octanol–water partition coefficient (Wildman–Crippen LogP) is 3.28. The largest absolute Gasteiger partial charge is 0.383 e. The van der Waals surface area contributed by atoms with E-state index in [1.165, 1.54) is 5.56 Å². The summed E-state index contributed by atoms with van der Waals surface area (Å²) in [7, 11) is 0. The van der Waals surface area contributed by atoms with Crippen LogP contribution in [0.1, 0.15) is 55.0 Å². The van der Waals surface area contributed by atoms with Crippen molar-refractivity contribution in [1.29, 1.82) is 0 Å². The smallest absolute Gasteiger partial charge is 0.224 e. The number of aryl methyl sites for hydroxylation is 1. The van der Waals surface area contributed by atoms with Gasteiger partial charge in [0.25, 0.3) is 0 Å². The Labute approximate surface area is 149 Å². The van der Waals surface area contributed by atoms with Crippen molar-refractivity contribution in [3.63, 3.8) is 0 Å². The van der Waals surface area contributed by atoms with Crippen LogP contribution < -0.4 is 11.1 Å². The topological polar surface area (TPSA) is 80.9 Å². The number of Topliss-reactive ketones (excluding diaryl/α,β-unsaturated/α-hetero) is 1. The average Bonchev–Trinajstić information content (AvgIpc) is 2.93. The Kier molecular flexibility index (Phi) is 5.31. The summed E-state index contributed by atoms with van der Waals surface area (Å²) in [6, 6.07) is 8.47. The normalized spacial score (nSPS) is 16.1. The lowest BCUT2D eigenvalue weighted by Crippen LogP contribution is -2.13. The van der Waals surface area contributed by atoms with Gasteiger partial charge in [0.1, 0.15) is 11.6 Å². The standard InChI is InChI=1S/C20H26N4O/c1-3-5-10-22-20-23-18-15(17(25)12-16(18)19(21)24-20)11-14-8-6-13(4-2)7-9-14/h6-9,15H,3-5,10-12H2,1-2H3,(H3,21,22,23,24). The predicted molar refractivity (Wildman–Crippen MR) is 101 cm³/mol. The number of hydrogen-bond acceptors (Lipinski definition) is 5. The van der Waals surface area contributed by atoms with Gasteiger partial charge in [-0.2, -0.15) is 4.98 Å². The van der Waals surface area contributed by atoms with Gasteiger partial charge >= 0.3 is 0 Å². The van der Waals surface area contributed by atoms with Crippen LogP contribution in [0.3, 0.4) is 0 Å². The highest BCUT2D eigenvalue weighted by Gasteiger charge is 2.34. The van der Waals surface area contributed by atoms with Gasteiger partial charge in [0, 0.05) is 18.5 Å². The number of hydrogen-bond donors (Lipinski definition) is 2. The Morgan fingerprint density at radius 3 is 2.56 bits per heavy atom. The molecule has 0 saturated heterocycles. The van der Waals surface area contributed by atoms with Crippen LogP contribution in [0.5, 0.6) is 0 Å². The van der Waals surface area contributed by atoms with Crippen LogP contribution in [0.2, 0.25) is 0 Å². The van der Waals surface area contributed by atoms with Gasteiger partial charge in [0.15, 0.2) is 0 Å². The molecule has 3 N–H and O–H groups in total. The van der Waals surface area contributed by atoms with Gasteiger partial charge in [-0.05, 0) is 30.4 Å². The number of benzene rings is 1. The van der Waals surface area contributed by atoms with E-state index in [0.29, 0.717) is 24.6 Å². The number of carbonyl (C=O) groups is 1. The fourth-order valence-corrected chi connectivity index (χ4v) is 3.25. The van der Waals surface area contributed by atoms with Crippen LogP contribution in [0.4, 0.5) is 11.8 Å². The van der Waals surface area contributed by atoms with Crippen LogP contribution in [0.25, 0.3) is 0 Å². The van der Waals surface area contributed by atoms with Crippen molar-refractivity contribution in [1.82, 2.24) is 9.97 Å². The molecule has 132 valence electrons. The zero-order valence-electron chi connectivity index (χ0n) is 15.0. The average molecular weight is 338 g/mol. The number of unbranched alkanes of at least 4 members (excludes halogenated alkanes) is 1. The van der Waals surface area contributed by atoms with Crippen LogP contribution in [0, 0.1) is 0 Å². The molecule has 1 unspecified atom stereocenters. The number of nitrogens with zero attached hydrogens (tertiary/aromatic N) is 2. The maximum atomic E-state index is 12.5. The fraction of sp³-hybridized carbons (Fsp3) is 0.450. The van der Waals surface area contributed by atoms with Gasteiger partial charge in [-0.25, -0.2) is 4.98 Å². The van der Waals surface area contributed by atoms with Crippen molar-refractivity contribution >= 4 is 17.5 Å². The second-order valence-electron chi connectivity index (χ2n) is 6.65. The highest BCUT2D eigenvalue weighted by molar-refractivity contribution is 5.93. The van der Waals surface area contributed by atoms with E-state index in [4.69, 9.17) is 5.73 Å². The second-order valence-corrected chi connectivity index (χ2v) is 6.65. The summed E-state index contributed by atoms with van der Waals surface area (Å²) in [6.45, 7) is 5.09. The molecule has 0 saturated carbocycles. The third-order valence-electron chi connectivity index (χ3n) is 4.83. The number of aromatic nitrogens is 2. The summed E-state index contributed by atoms with van der Waals surface area (Å²) in [6.07, 6.45) is 4.17. The van der Waals surface area contributed by atoms with Gasteiger partial charge in [-0.3, -0.25) is 4.79 Å². The SMILES string of the molecule is CCCCNc1nc(N)c2c(n1)C(Cc1ccc(CC)cc1)C(=O)C2. The molecule has 0 bridgehead atoms. The second kappa shape index (κ2) is 7.64. The Bertz CT molecular complexity index is 755. The third-order valence-corrected chi connectivity index (χ3v) is 4.83. The van der Waals surface area contributed by atoms with E-state index in [0.717, 1.165) is 42.6 Å². The lowest BCUT2D eigenvalue weighted by Gasteiger charge is -2.13. The summed E-state index contributed by atoms with van der Waals surface area (Å²) >= 11 is 0. The molecule has 5 heteroatoms. The van der Waals surface area contributed by atoms with Gasteiger partial charge in [0.05, 0.1) is 11.6 Å². The zero-order chi connectivity index (χ0) is 17.8. The maximum absolute atomic E-state index is 12.5. The number of ketones is 1. The summed E-state index contributed by atoms with van der Waals surface area (Å²) < 4.78 is 0. The summed E-state index contributed by atoms with van der Waals surface area (Å²) in [4.78, 5) is 21.5. The lowest BCUT2D eigenvalue weighted by molar-refractivity contribution is -0.119. The molecule has 1 atom stereocenters. The Balaban J connectivity index is 1.83. The molecule has 25 heavy (non-hydrogen) atoms. The minimum atomic E-state index is -0.223. The highest BCUT2D eigenvalue weighted by Crippen LogP contribution is 2.35. The van der Waals surface area contributed by atoms with Crippen molar-refractivity contribution in [3.8, 4) is 0 Å². The summed E-state index contributed by atoms with van der Waals surface area (Å²) in [5.74, 6) is 0.924. The molecular weight excluding hydrogens is 312 g/mol. The number of nitrogen functional groups attached to an aromatic ring is 1. The molecule has 0 radical (unpaired) electrons. The number of nitrogens with two attached hydrogens (primary N) is 1. The van der Waals surface area contributed by atoms with E-state index in [1.807, 2.05) is 0 Å². The molecule has 5 nitrogen and oxygen atoms in total. The molecule has 1 aromatic carbocycles. The molecular formula is C20H26N4O. The van der Waals surface area contributed by atoms with Crippen LogP contribution in [0.15, 0.2) is 24.3 Å². The monoisotopic (exact) mass is 338 g/mol. The molecule has 0 amide bonds. The molecule has 3 rings (SSSR count). The van der Waals surface area contributed by atoms with E-state index in [-0.39, 0.29) is 11.7 Å². The lowest BCUT2D eigenvalue weighted by atomic mass is 9.95. The molecule has 0 fully saturated rings. The Morgan fingerprint density at radius 2 is 1.88 bits per heavy atom. The summed E-state index contributed by atoms with van der Waals surface area (Å²) in [5.41, 5.74) is 10.2. The quantitative estimate of drug-likeness (QED) is 0.757. The molecule has 0 aliphatic heterocycles. The molecule has 0 spiro atoms. The first-order valence-corrected chi connectivity index (χ1v) is 9.13. The van der Waals surface area contributed by atoms with E-state index in [9.17, 15) is 4.79 Å². The van der Waals surface area contributed by atoms with Crippen molar-refractivity contribution in [3.05, 3.63) is 46.6 Å². The van der Waals surface area contributed by atoms with Crippen LogP contribution in [-0.4, -0.2) is 22.3 Å². The van der Waals surface area contributed by atoms with E-state index in [2.05, 4.69) is 53.4 Å². The van der Waals surface area contributed by atoms with Gasteiger partial charge in [0.2, 0.25) is 5.95 Å². The van der Waals surface area contributed by atoms with Crippen molar-refractivity contribution < 1.29 is 4.79 Å². The minimum Gasteiger partial charge on any atom is -0.383 e. The van der Waals surface area contributed by atoms with Crippen LogP contribution >= 0.6 is 0 Å². The molecule has 1 aromatic heterocycles. The van der Waals surface area contributed by atoms with Crippen LogP contribution in [-0.2, 0) is 24.1 Å². The number of nitrogens with one attached hydrogen (secondary N) is 1. The van der Waals surface area contributed by atoms with Gasteiger partial charge in [-0.1, -0.05) is 44.5 Å². The maximum Gasteiger partial charge on any atom is 0.224 e.